The lowest BCUT2D eigenvalue weighted by Crippen LogP contribution is -2.13. The van der Waals surface area contributed by atoms with Gasteiger partial charge in [0, 0.05) is 6.92 Å². The highest BCUT2D eigenvalue weighted by molar-refractivity contribution is 5.66. The van der Waals surface area contributed by atoms with E-state index in [0.717, 1.165) is 16.9 Å². The van der Waals surface area contributed by atoms with E-state index in [1.54, 1.807) is 0 Å². The van der Waals surface area contributed by atoms with E-state index < -0.39 is 0 Å². The topological polar surface area (TPSA) is 44.8 Å². The number of carbonyl (C=O) groups excluding carboxylic acids is 1. The van der Waals surface area contributed by atoms with Crippen molar-refractivity contribution in [2.45, 2.75) is 6.92 Å². The molecule has 0 N–H and O–H groups in total. The average molecular weight is 260 g/mol. The maximum atomic E-state index is 10.8. The molecule has 0 saturated carbocycles. The number of esters is 1. The van der Waals surface area contributed by atoms with Crippen LogP contribution in [0.1, 0.15) is 6.92 Å². The summed E-state index contributed by atoms with van der Waals surface area (Å²) in [4.78, 5) is 10.8. The minimum atomic E-state index is -0.324. The van der Waals surface area contributed by atoms with Crippen molar-refractivity contribution >= 4 is 5.97 Å². The van der Waals surface area contributed by atoms with Crippen LogP contribution in [-0.4, -0.2) is 25.8 Å². The van der Waals surface area contributed by atoms with Gasteiger partial charge in [0.05, 0.1) is 0 Å². The first-order valence-electron chi connectivity index (χ1n) is 6.02. The number of para-hydroxylation sites is 2. The minimum Gasteiger partial charge on any atom is -0.486 e. The summed E-state index contributed by atoms with van der Waals surface area (Å²) < 4.78 is 16.2. The Balaban J connectivity index is 2.02. The van der Waals surface area contributed by atoms with Gasteiger partial charge in [-0.25, -0.2) is 0 Å². The van der Waals surface area contributed by atoms with Gasteiger partial charge in [0.2, 0.25) is 0 Å². The number of benzene rings is 1. The normalized spacial score (nSPS) is 16.6. The van der Waals surface area contributed by atoms with Crippen LogP contribution < -0.4 is 9.47 Å². The molecule has 0 fully saturated rings. The molecule has 0 amide bonds. The Morgan fingerprint density at radius 2 is 2.00 bits per heavy atom. The number of hydrogen-bond donors (Lipinski definition) is 0. The third-order valence-corrected chi connectivity index (χ3v) is 2.70. The van der Waals surface area contributed by atoms with Gasteiger partial charge in [-0.1, -0.05) is 18.7 Å². The van der Waals surface area contributed by atoms with Crippen molar-refractivity contribution < 1.29 is 19.0 Å². The number of ether oxygens (including phenoxy) is 3. The summed E-state index contributed by atoms with van der Waals surface area (Å²) in [5.41, 5.74) is 1.61. The van der Waals surface area contributed by atoms with Gasteiger partial charge in [0.15, 0.2) is 11.5 Å². The molecule has 100 valence electrons. The highest BCUT2D eigenvalue weighted by atomic mass is 16.5. The van der Waals surface area contributed by atoms with E-state index in [0.29, 0.717) is 19.0 Å². The fourth-order valence-corrected chi connectivity index (χ4v) is 1.66. The quantitative estimate of drug-likeness (QED) is 0.783. The predicted molar refractivity (Wildman–Crippen MR) is 71.3 cm³/mol. The SMILES string of the molecule is C=C(COC(C)=O)/C1=C/COc2ccccc2OC1. The zero-order chi connectivity index (χ0) is 13.7. The molecular formula is C15H16O4. The molecule has 1 aliphatic heterocycles. The first-order chi connectivity index (χ1) is 9.16. The largest absolute Gasteiger partial charge is 0.486 e. The standard InChI is InChI=1S/C15H16O4/c1-11(9-18-12(2)16)13-7-8-17-14-5-3-4-6-15(14)19-10-13/h3-7H,1,8-10H2,2H3/b13-7+. The molecule has 1 heterocycles. The van der Waals surface area contributed by atoms with Crippen molar-refractivity contribution in [3.8, 4) is 11.5 Å². The van der Waals surface area contributed by atoms with Gasteiger partial charge in [-0.15, -0.1) is 0 Å². The molecule has 1 aliphatic rings. The summed E-state index contributed by atoms with van der Waals surface area (Å²) in [7, 11) is 0. The monoisotopic (exact) mass is 260 g/mol. The maximum Gasteiger partial charge on any atom is 0.302 e. The molecule has 0 bridgehead atoms. The Labute approximate surface area is 112 Å². The second kappa shape index (κ2) is 6.09. The number of carbonyl (C=O) groups is 1. The molecule has 4 nitrogen and oxygen atoms in total. The molecule has 0 saturated heterocycles. The van der Waals surface area contributed by atoms with E-state index in [1.807, 2.05) is 30.3 Å². The van der Waals surface area contributed by atoms with E-state index in [2.05, 4.69) is 6.58 Å². The van der Waals surface area contributed by atoms with Crippen LogP contribution in [0.2, 0.25) is 0 Å². The molecule has 4 heteroatoms. The van der Waals surface area contributed by atoms with Crippen molar-refractivity contribution in [1.82, 2.24) is 0 Å². The van der Waals surface area contributed by atoms with Gasteiger partial charge in [-0.05, 0) is 29.4 Å². The Bertz CT molecular complexity index is 517. The second-order valence-electron chi connectivity index (χ2n) is 4.16. The van der Waals surface area contributed by atoms with Crippen LogP contribution >= 0.6 is 0 Å². The van der Waals surface area contributed by atoms with E-state index >= 15 is 0 Å². The van der Waals surface area contributed by atoms with Gasteiger partial charge >= 0.3 is 5.97 Å². The van der Waals surface area contributed by atoms with Crippen LogP contribution in [0.25, 0.3) is 0 Å². The van der Waals surface area contributed by atoms with Crippen molar-refractivity contribution in [3.63, 3.8) is 0 Å². The maximum absolute atomic E-state index is 10.8. The molecule has 19 heavy (non-hydrogen) atoms. The molecular weight excluding hydrogens is 244 g/mol. The Hall–Kier alpha value is -2.23. The van der Waals surface area contributed by atoms with Gasteiger partial charge < -0.3 is 14.2 Å². The number of rotatable bonds is 3. The van der Waals surface area contributed by atoms with Crippen LogP contribution in [0.4, 0.5) is 0 Å². The Morgan fingerprint density at radius 1 is 1.32 bits per heavy atom. The summed E-state index contributed by atoms with van der Waals surface area (Å²) in [5.74, 6) is 1.10. The van der Waals surface area contributed by atoms with E-state index in [1.165, 1.54) is 6.92 Å². The summed E-state index contributed by atoms with van der Waals surface area (Å²) in [5, 5.41) is 0. The molecule has 0 aliphatic carbocycles. The molecule has 2 rings (SSSR count). The lowest BCUT2D eigenvalue weighted by molar-refractivity contribution is -0.139. The lowest BCUT2D eigenvalue weighted by Gasteiger charge is -2.18. The zero-order valence-electron chi connectivity index (χ0n) is 10.8. The smallest absolute Gasteiger partial charge is 0.302 e. The summed E-state index contributed by atoms with van der Waals surface area (Å²) in [6.45, 7) is 6.27. The molecule has 0 aromatic heterocycles. The van der Waals surface area contributed by atoms with Crippen molar-refractivity contribution in [3.05, 3.63) is 48.1 Å². The number of hydrogen-bond acceptors (Lipinski definition) is 4. The van der Waals surface area contributed by atoms with Crippen molar-refractivity contribution in [2.24, 2.45) is 0 Å². The fourth-order valence-electron chi connectivity index (χ4n) is 1.66. The zero-order valence-corrected chi connectivity index (χ0v) is 10.8. The van der Waals surface area contributed by atoms with Gasteiger partial charge in [-0.2, -0.15) is 0 Å². The predicted octanol–water partition coefficient (Wildman–Crippen LogP) is 2.50. The average Bonchev–Trinajstić information content (AvgIpc) is 2.37. The fraction of sp³-hybridized carbons (Fsp3) is 0.267. The highest BCUT2D eigenvalue weighted by Gasteiger charge is 2.11. The van der Waals surface area contributed by atoms with Crippen molar-refractivity contribution in [1.29, 1.82) is 0 Å². The molecule has 1 aromatic carbocycles. The minimum absolute atomic E-state index is 0.173. The third-order valence-electron chi connectivity index (χ3n) is 2.70. The van der Waals surface area contributed by atoms with E-state index in [-0.39, 0.29) is 12.6 Å². The first kappa shape index (κ1) is 13.2. The van der Waals surface area contributed by atoms with Crippen LogP contribution in [0.15, 0.2) is 48.1 Å². The van der Waals surface area contributed by atoms with Crippen LogP contribution in [0.5, 0.6) is 11.5 Å². The first-order valence-corrected chi connectivity index (χ1v) is 6.02. The van der Waals surface area contributed by atoms with Crippen LogP contribution in [0, 0.1) is 0 Å². The van der Waals surface area contributed by atoms with Gasteiger partial charge in [-0.3, -0.25) is 4.79 Å². The third kappa shape index (κ3) is 3.61. The summed E-state index contributed by atoms with van der Waals surface area (Å²) >= 11 is 0. The second-order valence-corrected chi connectivity index (χ2v) is 4.16. The van der Waals surface area contributed by atoms with Crippen LogP contribution in [-0.2, 0) is 9.53 Å². The highest BCUT2D eigenvalue weighted by Crippen LogP contribution is 2.28. The lowest BCUT2D eigenvalue weighted by atomic mass is 10.1. The Kier molecular flexibility index (Phi) is 4.23. The molecule has 0 atom stereocenters. The number of fused-ring (bicyclic) bond motifs is 1. The van der Waals surface area contributed by atoms with Gasteiger partial charge in [0.1, 0.15) is 19.8 Å². The molecule has 1 aromatic rings. The summed E-state index contributed by atoms with van der Waals surface area (Å²) in [6.07, 6.45) is 1.89. The molecule has 0 unspecified atom stereocenters. The Morgan fingerprint density at radius 3 is 2.68 bits per heavy atom. The summed E-state index contributed by atoms with van der Waals surface area (Å²) in [6, 6.07) is 7.50. The van der Waals surface area contributed by atoms with Crippen LogP contribution in [0.3, 0.4) is 0 Å². The van der Waals surface area contributed by atoms with E-state index in [4.69, 9.17) is 14.2 Å². The molecule has 0 radical (unpaired) electrons. The van der Waals surface area contributed by atoms with E-state index in [9.17, 15) is 4.79 Å². The van der Waals surface area contributed by atoms with Crippen molar-refractivity contribution in [2.75, 3.05) is 19.8 Å². The molecule has 0 spiro atoms. The van der Waals surface area contributed by atoms with Gasteiger partial charge in [0.25, 0.3) is 0 Å².